The van der Waals surface area contributed by atoms with Crippen molar-refractivity contribution in [1.82, 2.24) is 5.32 Å². The predicted molar refractivity (Wildman–Crippen MR) is 99.0 cm³/mol. The third-order valence-corrected chi connectivity index (χ3v) is 5.10. The van der Waals surface area contributed by atoms with Gasteiger partial charge in [0.15, 0.2) is 11.1 Å². The summed E-state index contributed by atoms with van der Waals surface area (Å²) in [6.07, 6.45) is 0.960. The van der Waals surface area contributed by atoms with Gasteiger partial charge < -0.3 is 19.3 Å². The average molecular weight is 373 g/mol. The molecule has 0 spiro atoms. The molecule has 1 heterocycles. The molecule has 1 aromatic rings. The van der Waals surface area contributed by atoms with Crippen LogP contribution in [0.1, 0.15) is 24.4 Å². The molecule has 1 aliphatic rings. The van der Waals surface area contributed by atoms with Gasteiger partial charge in [-0.2, -0.15) is 12.6 Å². The van der Waals surface area contributed by atoms with Gasteiger partial charge in [0.2, 0.25) is 0 Å². The highest BCUT2D eigenvalue weighted by Crippen LogP contribution is 2.20. The fourth-order valence-corrected chi connectivity index (χ4v) is 3.52. The van der Waals surface area contributed by atoms with Crippen LogP contribution < -0.4 is 5.32 Å². The first-order valence-corrected chi connectivity index (χ1v) is 9.69. The standard InChI is InChI=1S/C16H24N2O4S2/c1-17-16(22-14-7-9-21-11-15(14)24(19)20)18-13(8-10-23)12-5-3-2-4-6-12/h2-6,13-15,23H,7-11H2,1H3,(H,17,18)(H,19,20). The molecule has 0 radical (unpaired) electrons. The highest BCUT2D eigenvalue weighted by molar-refractivity contribution is 7.80. The molecule has 0 aromatic heterocycles. The van der Waals surface area contributed by atoms with Gasteiger partial charge in [-0.05, 0) is 17.7 Å². The molecule has 0 aliphatic carbocycles. The fourth-order valence-electron chi connectivity index (χ4n) is 2.60. The molecule has 0 bridgehead atoms. The van der Waals surface area contributed by atoms with Crippen LogP contribution >= 0.6 is 12.6 Å². The number of hydrogen-bond donors (Lipinski definition) is 3. The maximum atomic E-state index is 11.5. The summed E-state index contributed by atoms with van der Waals surface area (Å²) in [5, 5.41) is 2.71. The quantitative estimate of drug-likeness (QED) is 0.308. The number of benzene rings is 1. The van der Waals surface area contributed by atoms with Gasteiger partial charge in [0, 0.05) is 13.5 Å². The first-order chi connectivity index (χ1) is 11.7. The maximum Gasteiger partial charge on any atom is 0.285 e. The molecule has 0 amide bonds. The van der Waals surface area contributed by atoms with Crippen LogP contribution in [0.15, 0.2) is 35.3 Å². The van der Waals surface area contributed by atoms with Crippen LogP contribution in [-0.2, 0) is 20.6 Å². The van der Waals surface area contributed by atoms with Crippen LogP contribution in [-0.4, -0.2) is 52.2 Å². The molecule has 134 valence electrons. The third kappa shape index (κ3) is 5.47. The Balaban J connectivity index is 2.05. The van der Waals surface area contributed by atoms with E-state index in [0.29, 0.717) is 24.8 Å². The summed E-state index contributed by atoms with van der Waals surface area (Å²) in [5.74, 6) is 0.712. The number of thiol groups is 1. The smallest absolute Gasteiger partial charge is 0.285 e. The minimum atomic E-state index is -2.00. The number of ether oxygens (including phenoxy) is 2. The van der Waals surface area contributed by atoms with Crippen molar-refractivity contribution < 1.29 is 18.2 Å². The normalized spacial score (nSPS) is 24.2. The third-order valence-electron chi connectivity index (χ3n) is 3.89. The number of rotatable bonds is 6. The Bertz CT molecular complexity index is 556. The molecule has 0 saturated carbocycles. The predicted octanol–water partition coefficient (Wildman–Crippen LogP) is 2.02. The summed E-state index contributed by atoms with van der Waals surface area (Å²) in [5.41, 5.74) is 1.12. The van der Waals surface area contributed by atoms with E-state index in [1.807, 2.05) is 30.3 Å². The largest absolute Gasteiger partial charge is 0.460 e. The molecule has 2 N–H and O–H groups in total. The van der Waals surface area contributed by atoms with Crippen molar-refractivity contribution in [2.75, 3.05) is 26.0 Å². The Hall–Kier alpha value is -1.09. The Morgan fingerprint density at radius 1 is 1.54 bits per heavy atom. The van der Waals surface area contributed by atoms with Gasteiger partial charge in [0.05, 0.1) is 19.3 Å². The van der Waals surface area contributed by atoms with Crippen molar-refractivity contribution in [3.05, 3.63) is 35.9 Å². The minimum absolute atomic E-state index is 0.0142. The van der Waals surface area contributed by atoms with E-state index in [-0.39, 0.29) is 12.6 Å². The van der Waals surface area contributed by atoms with Gasteiger partial charge in [-0.3, -0.25) is 0 Å². The second-order valence-corrected chi connectivity index (χ2v) is 7.09. The fraction of sp³-hybridized carbons (Fsp3) is 0.562. The van der Waals surface area contributed by atoms with Gasteiger partial charge in [-0.15, -0.1) is 0 Å². The summed E-state index contributed by atoms with van der Waals surface area (Å²) >= 11 is 2.33. The van der Waals surface area contributed by atoms with E-state index in [1.54, 1.807) is 7.05 Å². The van der Waals surface area contributed by atoms with E-state index in [1.165, 1.54) is 0 Å². The molecule has 4 unspecified atom stereocenters. The number of hydrogen-bond acceptors (Lipinski definition) is 5. The molecule has 2 rings (SSSR count). The number of amidine groups is 1. The Kier molecular flexibility index (Phi) is 8.04. The Morgan fingerprint density at radius 3 is 2.92 bits per heavy atom. The molecule has 8 heteroatoms. The molecule has 4 atom stereocenters. The monoisotopic (exact) mass is 372 g/mol. The van der Waals surface area contributed by atoms with Crippen LogP contribution in [0.5, 0.6) is 0 Å². The van der Waals surface area contributed by atoms with Gasteiger partial charge >= 0.3 is 0 Å². The lowest BCUT2D eigenvalue weighted by Gasteiger charge is -2.31. The lowest BCUT2D eigenvalue weighted by molar-refractivity contribution is 0.0208. The van der Waals surface area contributed by atoms with E-state index >= 15 is 0 Å². The first-order valence-electron chi connectivity index (χ1n) is 7.89. The van der Waals surface area contributed by atoms with E-state index in [0.717, 1.165) is 12.0 Å². The van der Waals surface area contributed by atoms with E-state index in [2.05, 4.69) is 22.9 Å². The highest BCUT2D eigenvalue weighted by Gasteiger charge is 2.33. The molecule has 1 saturated heterocycles. The second kappa shape index (κ2) is 10.0. The molecule has 1 aliphatic heterocycles. The molecular weight excluding hydrogens is 348 g/mol. The van der Waals surface area contributed by atoms with E-state index in [4.69, 9.17) is 9.47 Å². The summed E-state index contributed by atoms with van der Waals surface area (Å²) in [4.78, 5) is 4.16. The van der Waals surface area contributed by atoms with Crippen LogP contribution in [0.3, 0.4) is 0 Å². The van der Waals surface area contributed by atoms with Gasteiger partial charge in [0.1, 0.15) is 11.4 Å². The Morgan fingerprint density at radius 2 is 2.29 bits per heavy atom. The van der Waals surface area contributed by atoms with Crippen LogP contribution in [0, 0.1) is 0 Å². The lowest BCUT2D eigenvalue weighted by Crippen LogP contribution is -2.45. The van der Waals surface area contributed by atoms with Crippen molar-refractivity contribution in [3.8, 4) is 0 Å². The van der Waals surface area contributed by atoms with Crippen molar-refractivity contribution in [3.63, 3.8) is 0 Å². The number of nitrogens with one attached hydrogen (secondary N) is 1. The van der Waals surface area contributed by atoms with Crippen LogP contribution in [0.25, 0.3) is 0 Å². The van der Waals surface area contributed by atoms with Crippen LogP contribution in [0.4, 0.5) is 0 Å². The Labute approximate surface area is 150 Å². The minimum Gasteiger partial charge on any atom is -0.460 e. The van der Waals surface area contributed by atoms with E-state index < -0.39 is 22.4 Å². The first kappa shape index (κ1) is 19.2. The second-order valence-electron chi connectivity index (χ2n) is 5.48. The van der Waals surface area contributed by atoms with Gasteiger partial charge in [-0.25, -0.2) is 9.20 Å². The average Bonchev–Trinajstić information content (AvgIpc) is 2.61. The van der Waals surface area contributed by atoms with Gasteiger partial charge in [0.25, 0.3) is 6.02 Å². The van der Waals surface area contributed by atoms with Crippen LogP contribution in [0.2, 0.25) is 0 Å². The summed E-state index contributed by atoms with van der Waals surface area (Å²) in [6.45, 7) is 0.720. The lowest BCUT2D eigenvalue weighted by atomic mass is 10.1. The zero-order valence-corrected chi connectivity index (χ0v) is 15.3. The number of nitrogens with zero attached hydrogens (tertiary/aromatic N) is 1. The van der Waals surface area contributed by atoms with Crippen molar-refractivity contribution in [2.24, 2.45) is 4.99 Å². The highest BCUT2D eigenvalue weighted by atomic mass is 32.2. The molecule has 24 heavy (non-hydrogen) atoms. The molecule has 1 aromatic carbocycles. The molecular formula is C16H24N2O4S2. The van der Waals surface area contributed by atoms with E-state index in [9.17, 15) is 8.76 Å². The maximum absolute atomic E-state index is 11.5. The number of aliphatic imine (C=N–C) groups is 1. The van der Waals surface area contributed by atoms with Crippen molar-refractivity contribution in [1.29, 1.82) is 0 Å². The van der Waals surface area contributed by atoms with Gasteiger partial charge in [-0.1, -0.05) is 30.3 Å². The summed E-state index contributed by atoms with van der Waals surface area (Å²) < 4.78 is 32.0. The molecule has 1 fully saturated rings. The summed E-state index contributed by atoms with van der Waals surface area (Å²) in [7, 11) is 1.63. The van der Waals surface area contributed by atoms with Crippen molar-refractivity contribution >= 4 is 29.7 Å². The topological polar surface area (TPSA) is 80.2 Å². The molecule has 6 nitrogen and oxygen atoms in total. The zero-order valence-electron chi connectivity index (χ0n) is 13.6. The van der Waals surface area contributed by atoms with Crippen molar-refractivity contribution in [2.45, 2.75) is 30.2 Å². The zero-order chi connectivity index (χ0) is 17.4. The summed E-state index contributed by atoms with van der Waals surface area (Å²) in [6, 6.07) is 10.4. The SMILES string of the molecule is CN=C(NC(CCS)c1ccccc1)OC1CCOCC1S(=O)O.